The van der Waals surface area contributed by atoms with Crippen molar-refractivity contribution in [3.05, 3.63) is 30.5 Å². The van der Waals surface area contributed by atoms with Crippen molar-refractivity contribution in [1.29, 1.82) is 0 Å². The zero-order valence-corrected chi connectivity index (χ0v) is 19.4. The predicted octanol–water partition coefficient (Wildman–Crippen LogP) is 3.04. The largest absolute Gasteiger partial charge is 0.372 e. The number of fused-ring (bicyclic) bond motifs is 1. The highest BCUT2D eigenvalue weighted by molar-refractivity contribution is 5.92. The molecule has 0 bridgehead atoms. The van der Waals surface area contributed by atoms with E-state index in [0.717, 1.165) is 28.2 Å². The lowest BCUT2D eigenvalue weighted by molar-refractivity contribution is -0.144. The van der Waals surface area contributed by atoms with Crippen molar-refractivity contribution in [3.63, 3.8) is 0 Å². The second-order valence-electron chi connectivity index (χ2n) is 8.34. The number of carbonyl (C=O) groups is 1. The molecule has 3 aromatic rings. The molecule has 1 amide bonds. The number of carbonyl (C=O) groups excluding carboxylic acids is 1. The summed E-state index contributed by atoms with van der Waals surface area (Å²) >= 11 is 0. The Balaban J connectivity index is 1.66. The van der Waals surface area contributed by atoms with Crippen LogP contribution < -0.4 is 5.32 Å². The van der Waals surface area contributed by atoms with Crippen LogP contribution in [0.15, 0.2) is 24.7 Å². The number of ether oxygens (including phenoxy) is 1. The Bertz CT molecular complexity index is 1090. The molecule has 0 aliphatic carbocycles. The van der Waals surface area contributed by atoms with Gasteiger partial charge in [0, 0.05) is 38.2 Å². The highest BCUT2D eigenvalue weighted by atomic mass is 16.5. The van der Waals surface area contributed by atoms with E-state index >= 15 is 0 Å². The molecule has 4 rings (SSSR count). The fourth-order valence-electron chi connectivity index (χ4n) is 4.27. The van der Waals surface area contributed by atoms with Crippen molar-refractivity contribution in [1.82, 2.24) is 29.4 Å². The Kier molecular flexibility index (Phi) is 6.36. The van der Waals surface area contributed by atoms with Gasteiger partial charge in [-0.2, -0.15) is 0 Å². The lowest BCUT2D eigenvalue weighted by Crippen LogP contribution is -2.52. The van der Waals surface area contributed by atoms with E-state index in [1.165, 1.54) is 0 Å². The standard InChI is InChI=1S/C23H31N7O2/c1-6-18(23(31)29-12-14(3)32-15(4)13-29)27-19-8-9-24-22-20(19)28-21(30(22)7-2)17-10-25-16(5)26-11-17/h8-11,14-15,18H,6-7,12-13H2,1-5H3,(H,24,27)/t14-,15+,18?. The second kappa shape index (κ2) is 9.20. The Morgan fingerprint density at radius 1 is 1.19 bits per heavy atom. The molecule has 32 heavy (non-hydrogen) atoms. The fourth-order valence-corrected chi connectivity index (χ4v) is 4.27. The number of amides is 1. The molecule has 4 heterocycles. The first-order valence-corrected chi connectivity index (χ1v) is 11.3. The third-order valence-corrected chi connectivity index (χ3v) is 5.76. The Hall–Kier alpha value is -3.07. The van der Waals surface area contributed by atoms with Gasteiger partial charge in [0.25, 0.3) is 0 Å². The van der Waals surface area contributed by atoms with Gasteiger partial charge in [-0.15, -0.1) is 0 Å². The fraction of sp³-hybridized carbons (Fsp3) is 0.522. The van der Waals surface area contributed by atoms with E-state index in [0.29, 0.717) is 31.9 Å². The highest BCUT2D eigenvalue weighted by Crippen LogP contribution is 2.28. The first-order chi connectivity index (χ1) is 15.4. The summed E-state index contributed by atoms with van der Waals surface area (Å²) in [7, 11) is 0. The topological polar surface area (TPSA) is 98.1 Å². The molecule has 0 spiro atoms. The minimum atomic E-state index is -0.351. The number of hydrogen-bond donors (Lipinski definition) is 1. The van der Waals surface area contributed by atoms with Crippen molar-refractivity contribution in [2.75, 3.05) is 18.4 Å². The molecule has 9 nitrogen and oxygen atoms in total. The lowest BCUT2D eigenvalue weighted by atomic mass is 10.1. The number of imidazole rings is 1. The van der Waals surface area contributed by atoms with Crippen LogP contribution in [0.1, 0.15) is 39.9 Å². The van der Waals surface area contributed by atoms with Gasteiger partial charge in [-0.25, -0.2) is 19.9 Å². The lowest BCUT2D eigenvalue weighted by Gasteiger charge is -2.37. The van der Waals surface area contributed by atoms with Gasteiger partial charge in [-0.3, -0.25) is 4.79 Å². The molecule has 3 aromatic heterocycles. The maximum Gasteiger partial charge on any atom is 0.245 e. The van der Waals surface area contributed by atoms with Crippen LogP contribution in [0.25, 0.3) is 22.6 Å². The van der Waals surface area contributed by atoms with Crippen molar-refractivity contribution in [2.24, 2.45) is 0 Å². The maximum absolute atomic E-state index is 13.3. The van der Waals surface area contributed by atoms with Gasteiger partial charge in [-0.1, -0.05) is 6.92 Å². The molecule has 9 heteroatoms. The number of hydrogen-bond acceptors (Lipinski definition) is 7. The van der Waals surface area contributed by atoms with E-state index in [9.17, 15) is 4.79 Å². The second-order valence-corrected chi connectivity index (χ2v) is 8.34. The summed E-state index contributed by atoms with van der Waals surface area (Å²) in [6.45, 7) is 11.9. The smallest absolute Gasteiger partial charge is 0.245 e. The number of pyridine rings is 1. The van der Waals surface area contributed by atoms with Crippen molar-refractivity contribution >= 4 is 22.8 Å². The number of rotatable bonds is 6. The van der Waals surface area contributed by atoms with E-state index in [-0.39, 0.29) is 24.2 Å². The number of nitrogens with zero attached hydrogens (tertiary/aromatic N) is 6. The van der Waals surface area contributed by atoms with Crippen LogP contribution in [0.2, 0.25) is 0 Å². The first-order valence-electron chi connectivity index (χ1n) is 11.3. The minimum absolute atomic E-state index is 0.0346. The van der Waals surface area contributed by atoms with Gasteiger partial charge in [0.15, 0.2) is 5.65 Å². The summed E-state index contributed by atoms with van der Waals surface area (Å²) in [5, 5.41) is 3.44. The van der Waals surface area contributed by atoms with Crippen LogP contribution in [0.5, 0.6) is 0 Å². The number of anilines is 1. The summed E-state index contributed by atoms with van der Waals surface area (Å²) < 4.78 is 7.83. The molecule has 170 valence electrons. The van der Waals surface area contributed by atoms with Gasteiger partial charge in [0.1, 0.15) is 23.2 Å². The predicted molar refractivity (Wildman–Crippen MR) is 123 cm³/mol. The molecular formula is C23H31N7O2. The average Bonchev–Trinajstić information content (AvgIpc) is 3.16. The molecule has 1 aliphatic heterocycles. The molecular weight excluding hydrogens is 406 g/mol. The molecule has 0 aromatic carbocycles. The molecule has 0 saturated carbocycles. The molecule has 1 saturated heterocycles. The van der Waals surface area contributed by atoms with Crippen LogP contribution in [0.3, 0.4) is 0 Å². The van der Waals surface area contributed by atoms with Gasteiger partial charge >= 0.3 is 0 Å². The first kappa shape index (κ1) is 22.1. The van der Waals surface area contributed by atoms with Crippen LogP contribution in [-0.2, 0) is 16.1 Å². The van der Waals surface area contributed by atoms with Crippen LogP contribution in [0.4, 0.5) is 5.69 Å². The normalized spacial score (nSPS) is 19.8. The van der Waals surface area contributed by atoms with Gasteiger partial charge in [-0.05, 0) is 40.2 Å². The third-order valence-electron chi connectivity index (χ3n) is 5.76. The average molecular weight is 438 g/mol. The number of aromatic nitrogens is 5. The van der Waals surface area contributed by atoms with E-state index in [4.69, 9.17) is 9.72 Å². The Morgan fingerprint density at radius 2 is 1.88 bits per heavy atom. The summed E-state index contributed by atoms with van der Waals surface area (Å²) in [6, 6.07) is 1.53. The van der Waals surface area contributed by atoms with Crippen molar-refractivity contribution in [3.8, 4) is 11.4 Å². The van der Waals surface area contributed by atoms with E-state index in [1.807, 2.05) is 43.2 Å². The van der Waals surface area contributed by atoms with E-state index in [1.54, 1.807) is 18.6 Å². The summed E-state index contributed by atoms with van der Waals surface area (Å²) in [6.07, 6.45) is 6.05. The molecule has 0 radical (unpaired) electrons. The zero-order valence-electron chi connectivity index (χ0n) is 19.4. The number of morpholine rings is 1. The molecule has 1 aliphatic rings. The molecule has 1 N–H and O–H groups in total. The van der Waals surface area contributed by atoms with Gasteiger partial charge in [0.2, 0.25) is 5.91 Å². The van der Waals surface area contributed by atoms with Gasteiger partial charge < -0.3 is 19.5 Å². The highest BCUT2D eigenvalue weighted by Gasteiger charge is 2.30. The maximum atomic E-state index is 13.3. The minimum Gasteiger partial charge on any atom is -0.372 e. The van der Waals surface area contributed by atoms with Crippen LogP contribution in [-0.4, -0.2) is 66.6 Å². The van der Waals surface area contributed by atoms with E-state index in [2.05, 4.69) is 27.2 Å². The summed E-state index contributed by atoms with van der Waals surface area (Å²) in [5.41, 5.74) is 3.13. The molecule has 1 unspecified atom stereocenters. The quantitative estimate of drug-likeness (QED) is 0.633. The third kappa shape index (κ3) is 4.29. The summed E-state index contributed by atoms with van der Waals surface area (Å²) in [5.74, 6) is 1.56. The van der Waals surface area contributed by atoms with Crippen molar-refractivity contribution < 1.29 is 9.53 Å². The van der Waals surface area contributed by atoms with Crippen LogP contribution in [0, 0.1) is 6.92 Å². The Morgan fingerprint density at radius 3 is 2.50 bits per heavy atom. The Labute approximate surface area is 188 Å². The zero-order chi connectivity index (χ0) is 22.8. The van der Waals surface area contributed by atoms with Gasteiger partial charge in [0.05, 0.1) is 23.5 Å². The summed E-state index contributed by atoms with van der Waals surface area (Å²) in [4.78, 5) is 33.3. The molecule has 3 atom stereocenters. The number of nitrogens with one attached hydrogen (secondary N) is 1. The number of aryl methyl sites for hydroxylation is 2. The monoisotopic (exact) mass is 437 g/mol. The van der Waals surface area contributed by atoms with Crippen molar-refractivity contribution in [2.45, 2.75) is 65.8 Å². The van der Waals surface area contributed by atoms with Crippen LogP contribution >= 0.6 is 0 Å². The molecule has 1 fully saturated rings. The van der Waals surface area contributed by atoms with E-state index < -0.39 is 0 Å². The SMILES string of the molecule is CCC(Nc1ccnc2c1nc(-c1cnc(C)nc1)n2CC)C(=O)N1C[C@@H](C)O[C@@H](C)C1.